The maximum atomic E-state index is 13.9. The number of hydrogen-bond acceptors (Lipinski definition) is 9. The number of aliphatic hydroxyl groups excluding tert-OH is 1. The van der Waals surface area contributed by atoms with E-state index in [0.717, 1.165) is 53.5 Å². The summed E-state index contributed by atoms with van der Waals surface area (Å²) in [4.78, 5) is 52.9. The largest absolute Gasteiger partial charge is 0.444 e. The number of nitrogens with one attached hydrogen (secondary N) is 5. The van der Waals surface area contributed by atoms with Crippen LogP contribution in [0.2, 0.25) is 0 Å². The minimum absolute atomic E-state index is 0.0507. The Labute approximate surface area is 333 Å². The molecule has 2 aliphatic carbocycles. The van der Waals surface area contributed by atoms with Crippen molar-refractivity contribution in [2.45, 2.75) is 109 Å². The molecule has 2 saturated carbocycles. The van der Waals surface area contributed by atoms with E-state index in [2.05, 4.69) is 41.9 Å². The van der Waals surface area contributed by atoms with E-state index in [0.29, 0.717) is 49.3 Å². The van der Waals surface area contributed by atoms with E-state index in [9.17, 15) is 24.3 Å². The number of hydrogen-bond donors (Lipinski definition) is 6. The Bertz CT molecular complexity index is 1980. The van der Waals surface area contributed by atoms with Gasteiger partial charge in [-0.2, -0.15) is 5.21 Å². The summed E-state index contributed by atoms with van der Waals surface area (Å²) in [5.41, 5.74) is 5.02. The number of alkyl carbamates (subject to hydrolysis) is 1. The Hall–Kier alpha value is -5.63. The quantitative estimate of drug-likeness (QED) is 0.102. The lowest BCUT2D eigenvalue weighted by molar-refractivity contribution is -0.130. The number of carbonyl (C=O) groups excluding carboxylic acids is 4. The molecule has 3 aromatic carbocycles. The first-order chi connectivity index (χ1) is 27.3. The Morgan fingerprint density at radius 1 is 0.877 bits per heavy atom. The highest BCUT2D eigenvalue weighted by atomic mass is 16.6. The Kier molecular flexibility index (Phi) is 13.3. The predicted molar refractivity (Wildman–Crippen MR) is 216 cm³/mol. The van der Waals surface area contributed by atoms with Gasteiger partial charge in [-0.25, -0.2) is 4.79 Å². The molecule has 1 aromatic heterocycles. The van der Waals surface area contributed by atoms with Crippen LogP contribution in [-0.4, -0.2) is 79.9 Å². The van der Waals surface area contributed by atoms with E-state index in [4.69, 9.17) is 4.74 Å². The number of rotatable bonds is 12. The van der Waals surface area contributed by atoms with Gasteiger partial charge < -0.3 is 31.1 Å². The highest BCUT2D eigenvalue weighted by Gasteiger charge is 2.30. The van der Waals surface area contributed by atoms with Gasteiger partial charge in [0.05, 0.1) is 6.10 Å². The molecule has 0 saturated heterocycles. The van der Waals surface area contributed by atoms with Crippen LogP contribution in [0.25, 0.3) is 22.5 Å². The fraction of sp³-hybridized carbons (Fsp3) is 0.465. The fourth-order valence-electron chi connectivity index (χ4n) is 7.50. The number of aryl methyl sites for hydroxylation is 1. The molecule has 0 spiro atoms. The van der Waals surface area contributed by atoms with Crippen molar-refractivity contribution in [2.75, 3.05) is 11.9 Å². The zero-order valence-electron chi connectivity index (χ0n) is 33.1. The SMILES string of the molecule is Cc1ccc(C(=O)NC2CCC(O)CC2)cc1-c1ccc(CC(NC(=O)C2CCC(CNC(=O)OC(C)(C)C)CC2)C(=O)Nc2ccc(-c3nn[nH]n3)cc2)cc1. The molecule has 0 aliphatic heterocycles. The molecule has 4 aromatic rings. The minimum atomic E-state index is -0.860. The van der Waals surface area contributed by atoms with Crippen molar-refractivity contribution >= 4 is 29.5 Å². The molecule has 2 aliphatic rings. The van der Waals surface area contributed by atoms with E-state index in [1.165, 1.54) is 0 Å². The summed E-state index contributed by atoms with van der Waals surface area (Å²) in [6.07, 6.45) is 5.25. The number of H-pyrrole nitrogens is 1. The third-order valence-electron chi connectivity index (χ3n) is 10.8. The molecular formula is C43H54N8O6. The molecule has 14 heteroatoms. The van der Waals surface area contributed by atoms with Crippen molar-refractivity contribution in [3.63, 3.8) is 0 Å². The molecular weight excluding hydrogens is 725 g/mol. The number of carbonyl (C=O) groups is 4. The Morgan fingerprint density at radius 2 is 1.56 bits per heavy atom. The standard InChI is InChI=1S/C43H54N8O6/c1-26-5-10-32(40(54)45-34-19-21-35(52)22-20-34)24-36(26)29-11-6-27(7-12-29)23-37(41(55)46-33-17-15-30(16-18-33)38-48-50-51-49-38)47-39(53)31-13-8-28(9-14-31)25-44-42(56)57-43(2,3)4/h5-7,10-12,15-18,24,28,31,34-35,37,52H,8-9,13-14,19-23,25H2,1-4H3,(H,44,56)(H,45,54)(H,46,55)(H,47,53)(H,48,49,50,51). The van der Waals surface area contributed by atoms with Crippen molar-refractivity contribution in [2.24, 2.45) is 11.8 Å². The molecule has 0 radical (unpaired) electrons. The smallest absolute Gasteiger partial charge is 0.407 e. The van der Waals surface area contributed by atoms with E-state index in [1.807, 2.05) is 70.2 Å². The summed E-state index contributed by atoms with van der Waals surface area (Å²) in [6.45, 7) is 7.96. The van der Waals surface area contributed by atoms with Crippen LogP contribution in [0.3, 0.4) is 0 Å². The average Bonchev–Trinajstić information content (AvgIpc) is 3.73. The van der Waals surface area contributed by atoms with Gasteiger partial charge in [-0.15, -0.1) is 10.2 Å². The first-order valence-corrected chi connectivity index (χ1v) is 19.9. The summed E-state index contributed by atoms with van der Waals surface area (Å²) in [5, 5.41) is 35.9. The number of nitrogens with zero attached hydrogens (tertiary/aromatic N) is 3. The number of aromatic nitrogens is 4. The number of aromatic amines is 1. The van der Waals surface area contributed by atoms with Gasteiger partial charge in [0.2, 0.25) is 17.6 Å². The van der Waals surface area contributed by atoms with Gasteiger partial charge in [-0.1, -0.05) is 30.3 Å². The predicted octanol–water partition coefficient (Wildman–Crippen LogP) is 5.87. The van der Waals surface area contributed by atoms with Crippen LogP contribution in [0, 0.1) is 18.8 Å². The fourth-order valence-corrected chi connectivity index (χ4v) is 7.50. The summed E-state index contributed by atoms with van der Waals surface area (Å²) in [5.74, 6) is -0.241. The summed E-state index contributed by atoms with van der Waals surface area (Å²) in [6, 6.07) is 19.8. The van der Waals surface area contributed by atoms with Crippen molar-refractivity contribution < 1.29 is 29.0 Å². The molecule has 14 nitrogen and oxygen atoms in total. The molecule has 1 atom stereocenters. The van der Waals surface area contributed by atoms with Gasteiger partial charge in [0, 0.05) is 41.7 Å². The maximum Gasteiger partial charge on any atom is 0.407 e. The number of anilines is 1. The van der Waals surface area contributed by atoms with Crippen molar-refractivity contribution in [3.8, 4) is 22.5 Å². The van der Waals surface area contributed by atoms with Crippen molar-refractivity contribution in [1.82, 2.24) is 36.6 Å². The first kappa shape index (κ1) is 41.0. The maximum absolute atomic E-state index is 13.9. The minimum Gasteiger partial charge on any atom is -0.444 e. The third-order valence-corrected chi connectivity index (χ3v) is 10.8. The lowest BCUT2D eigenvalue weighted by Gasteiger charge is -2.29. The molecule has 302 valence electrons. The zero-order valence-corrected chi connectivity index (χ0v) is 33.1. The van der Waals surface area contributed by atoms with Crippen LogP contribution in [-0.2, 0) is 20.7 Å². The molecule has 0 bridgehead atoms. The molecule has 57 heavy (non-hydrogen) atoms. The van der Waals surface area contributed by atoms with Crippen LogP contribution in [0.1, 0.15) is 93.6 Å². The first-order valence-electron chi connectivity index (χ1n) is 19.9. The zero-order chi connectivity index (χ0) is 40.5. The summed E-state index contributed by atoms with van der Waals surface area (Å²) in [7, 11) is 0. The molecule has 6 N–H and O–H groups in total. The van der Waals surface area contributed by atoms with Gasteiger partial charge in [0.1, 0.15) is 11.6 Å². The van der Waals surface area contributed by atoms with Crippen LogP contribution in [0.15, 0.2) is 66.7 Å². The number of ether oxygens (including phenoxy) is 1. The number of tetrazole rings is 1. The van der Waals surface area contributed by atoms with Gasteiger partial charge >= 0.3 is 6.09 Å². The van der Waals surface area contributed by atoms with Crippen LogP contribution in [0.4, 0.5) is 10.5 Å². The second-order valence-electron chi connectivity index (χ2n) is 16.4. The molecule has 2 fully saturated rings. The summed E-state index contributed by atoms with van der Waals surface area (Å²) < 4.78 is 5.36. The number of benzene rings is 3. The highest BCUT2D eigenvalue weighted by molar-refractivity contribution is 5.98. The summed E-state index contributed by atoms with van der Waals surface area (Å²) >= 11 is 0. The Balaban J connectivity index is 1.11. The topological polar surface area (TPSA) is 200 Å². The van der Waals surface area contributed by atoms with Crippen LogP contribution < -0.4 is 21.3 Å². The second-order valence-corrected chi connectivity index (χ2v) is 16.4. The van der Waals surface area contributed by atoms with E-state index < -0.39 is 17.7 Å². The lowest BCUT2D eigenvalue weighted by Crippen LogP contribution is -2.48. The lowest BCUT2D eigenvalue weighted by atomic mass is 9.81. The number of aliphatic hydroxyl groups is 1. The van der Waals surface area contributed by atoms with E-state index in [1.54, 1.807) is 24.3 Å². The van der Waals surface area contributed by atoms with Gasteiger partial charge in [-0.05, 0) is 149 Å². The molecule has 1 unspecified atom stereocenters. The molecule has 4 amide bonds. The molecule has 1 heterocycles. The normalized spacial score (nSPS) is 20.2. The molecule has 6 rings (SSSR count). The van der Waals surface area contributed by atoms with Gasteiger partial charge in [-0.3, -0.25) is 14.4 Å². The van der Waals surface area contributed by atoms with Crippen LogP contribution >= 0.6 is 0 Å². The van der Waals surface area contributed by atoms with Crippen LogP contribution in [0.5, 0.6) is 0 Å². The Morgan fingerprint density at radius 3 is 2.21 bits per heavy atom. The van der Waals surface area contributed by atoms with Crippen molar-refractivity contribution in [3.05, 3.63) is 83.4 Å². The van der Waals surface area contributed by atoms with Gasteiger partial charge in [0.15, 0.2) is 0 Å². The monoisotopic (exact) mass is 778 g/mol. The van der Waals surface area contributed by atoms with Gasteiger partial charge in [0.25, 0.3) is 5.91 Å². The number of amides is 4. The van der Waals surface area contributed by atoms with E-state index in [-0.39, 0.29) is 48.1 Å². The highest BCUT2D eigenvalue weighted by Crippen LogP contribution is 2.30. The van der Waals surface area contributed by atoms with Crippen molar-refractivity contribution in [1.29, 1.82) is 0 Å². The third kappa shape index (κ3) is 11.7. The average molecular weight is 779 g/mol. The van der Waals surface area contributed by atoms with E-state index >= 15 is 0 Å². The second kappa shape index (κ2) is 18.5.